The first kappa shape index (κ1) is 17.3. The van der Waals surface area contributed by atoms with Gasteiger partial charge in [0.15, 0.2) is 4.96 Å². The molecule has 7 heteroatoms. The van der Waals surface area contributed by atoms with E-state index in [1.54, 1.807) is 41.1 Å². The number of ketones is 2. The van der Waals surface area contributed by atoms with Gasteiger partial charge in [-0.1, -0.05) is 43.2 Å². The molecule has 0 amide bonds. The van der Waals surface area contributed by atoms with E-state index in [-0.39, 0.29) is 11.6 Å². The number of carbonyl (C=O) groups excluding carboxylic acids is 2. The minimum absolute atomic E-state index is 0.0879. The van der Waals surface area contributed by atoms with Crippen LogP contribution in [0.15, 0.2) is 69.9 Å². The molecule has 4 aromatic rings. The molecule has 0 aliphatic heterocycles. The number of hydrogen-bond acceptors (Lipinski definition) is 4. The summed E-state index contributed by atoms with van der Waals surface area (Å²) < 4.78 is 3.50. The number of aromatic nitrogens is 2. The largest absolute Gasteiger partial charge is 0.288 e. The molecule has 0 unspecified atom stereocenters. The van der Waals surface area contributed by atoms with Crippen molar-refractivity contribution >= 4 is 59.7 Å². The minimum Gasteiger partial charge on any atom is -0.288 e. The molecular weight excluding hydrogens is 480 g/mol. The molecule has 0 spiro atoms. The van der Waals surface area contributed by atoms with Crippen LogP contribution in [0.25, 0.3) is 4.96 Å². The molecule has 0 atom stereocenters. The summed E-state index contributed by atoms with van der Waals surface area (Å²) in [5.41, 5.74) is 1.61. The van der Waals surface area contributed by atoms with E-state index in [2.05, 4.69) is 36.8 Å². The van der Waals surface area contributed by atoms with Crippen molar-refractivity contribution in [1.29, 1.82) is 0 Å². The predicted molar refractivity (Wildman–Crippen MR) is 108 cm³/mol. The molecule has 0 radical (unpaired) electrons. The normalized spacial score (nSPS) is 11.0. The molecule has 2 aromatic carbocycles. The summed E-state index contributed by atoms with van der Waals surface area (Å²) in [5.74, 6) is -0.222. The van der Waals surface area contributed by atoms with Gasteiger partial charge < -0.3 is 0 Å². The second-order valence-electron chi connectivity index (χ2n) is 5.56. The smallest absolute Gasteiger partial charge is 0.211 e. The summed E-state index contributed by atoms with van der Waals surface area (Å²) in [6.45, 7) is 0. The van der Waals surface area contributed by atoms with E-state index in [0.29, 0.717) is 26.7 Å². The lowest BCUT2D eigenvalue weighted by Crippen LogP contribution is -2.04. The molecule has 0 saturated carbocycles. The van der Waals surface area contributed by atoms with E-state index < -0.39 is 0 Å². The Bertz CT molecular complexity index is 1130. The zero-order valence-corrected chi connectivity index (χ0v) is 17.1. The van der Waals surface area contributed by atoms with E-state index >= 15 is 0 Å². The van der Waals surface area contributed by atoms with Crippen LogP contribution in [0.5, 0.6) is 0 Å². The summed E-state index contributed by atoms with van der Waals surface area (Å²) in [6, 6.07) is 14.3. The predicted octanol–water partition coefficient (Wildman–Crippen LogP) is 5.38. The Kier molecular flexibility index (Phi) is 4.60. The van der Waals surface area contributed by atoms with Crippen LogP contribution in [0.1, 0.15) is 31.3 Å². The Morgan fingerprint density at radius 3 is 1.96 bits per heavy atom. The zero-order chi connectivity index (χ0) is 18.3. The first-order valence-electron chi connectivity index (χ1n) is 7.60. The molecule has 128 valence electrons. The van der Waals surface area contributed by atoms with Crippen molar-refractivity contribution in [1.82, 2.24) is 9.38 Å². The van der Waals surface area contributed by atoms with E-state index in [1.165, 1.54) is 11.3 Å². The van der Waals surface area contributed by atoms with Gasteiger partial charge in [-0.15, -0.1) is 0 Å². The highest BCUT2D eigenvalue weighted by Gasteiger charge is 2.19. The maximum absolute atomic E-state index is 12.8. The minimum atomic E-state index is -0.134. The molecule has 4 nitrogen and oxygen atoms in total. The quantitative estimate of drug-likeness (QED) is 0.361. The topological polar surface area (TPSA) is 51.4 Å². The van der Waals surface area contributed by atoms with Crippen LogP contribution in [0.3, 0.4) is 0 Å². The van der Waals surface area contributed by atoms with Gasteiger partial charge in [-0.05, 0) is 48.5 Å². The summed E-state index contributed by atoms with van der Waals surface area (Å²) >= 11 is 7.99. The number of hydrogen-bond donors (Lipinski definition) is 0. The highest BCUT2D eigenvalue weighted by Crippen LogP contribution is 2.24. The monoisotopic (exact) mass is 488 g/mol. The van der Waals surface area contributed by atoms with Gasteiger partial charge in [-0.3, -0.25) is 14.0 Å². The van der Waals surface area contributed by atoms with Crippen molar-refractivity contribution in [3.05, 3.63) is 91.6 Å². The Morgan fingerprint density at radius 1 is 0.846 bits per heavy atom. The Hall–Kier alpha value is -2.09. The number of halogens is 2. The maximum Gasteiger partial charge on any atom is 0.211 e. The number of imidazole rings is 1. The highest BCUT2D eigenvalue weighted by molar-refractivity contribution is 9.10. The molecule has 0 aliphatic carbocycles. The van der Waals surface area contributed by atoms with Crippen molar-refractivity contribution < 1.29 is 9.59 Å². The van der Waals surface area contributed by atoms with E-state index in [0.717, 1.165) is 8.95 Å². The average Bonchev–Trinajstić information content (AvgIpc) is 3.22. The van der Waals surface area contributed by atoms with E-state index in [9.17, 15) is 9.59 Å². The third-order valence-electron chi connectivity index (χ3n) is 3.88. The fraction of sp³-hybridized carbons (Fsp3) is 0. The van der Waals surface area contributed by atoms with Gasteiger partial charge in [0.2, 0.25) is 11.6 Å². The van der Waals surface area contributed by atoms with Crippen molar-refractivity contribution in [3.63, 3.8) is 0 Å². The third kappa shape index (κ3) is 3.18. The first-order valence-corrected chi connectivity index (χ1v) is 10.0. The maximum atomic E-state index is 12.8. The van der Waals surface area contributed by atoms with Crippen molar-refractivity contribution in [2.24, 2.45) is 0 Å². The molecule has 0 aliphatic rings. The number of rotatable bonds is 4. The lowest BCUT2D eigenvalue weighted by atomic mass is 10.1. The molecule has 0 bridgehead atoms. The van der Waals surface area contributed by atoms with Gasteiger partial charge in [-0.25, -0.2) is 4.98 Å². The molecule has 0 N–H and O–H groups in total. The number of thiazole rings is 1. The van der Waals surface area contributed by atoms with Crippen LogP contribution >= 0.6 is 43.2 Å². The lowest BCUT2D eigenvalue weighted by Gasteiger charge is -2.00. The van der Waals surface area contributed by atoms with Gasteiger partial charge in [0.05, 0.1) is 11.1 Å². The van der Waals surface area contributed by atoms with Crippen LogP contribution in [-0.2, 0) is 0 Å². The Balaban J connectivity index is 1.71. The van der Waals surface area contributed by atoms with Crippen molar-refractivity contribution in [2.75, 3.05) is 0 Å². The van der Waals surface area contributed by atoms with Crippen molar-refractivity contribution in [2.45, 2.75) is 0 Å². The van der Waals surface area contributed by atoms with Gasteiger partial charge in [-0.2, -0.15) is 0 Å². The lowest BCUT2D eigenvalue weighted by molar-refractivity contribution is 0.102. The highest BCUT2D eigenvalue weighted by atomic mass is 79.9. The summed E-state index contributed by atoms with van der Waals surface area (Å²) in [4.78, 5) is 30.9. The fourth-order valence-corrected chi connectivity index (χ4v) is 4.00. The third-order valence-corrected chi connectivity index (χ3v) is 5.93. The Morgan fingerprint density at radius 2 is 1.38 bits per heavy atom. The average molecular weight is 490 g/mol. The first-order chi connectivity index (χ1) is 12.5. The molecule has 2 aromatic heterocycles. The van der Waals surface area contributed by atoms with Gasteiger partial charge in [0.1, 0.15) is 5.69 Å². The van der Waals surface area contributed by atoms with Crippen molar-refractivity contribution in [3.8, 4) is 0 Å². The van der Waals surface area contributed by atoms with Gasteiger partial charge >= 0.3 is 0 Å². The molecule has 2 heterocycles. The zero-order valence-electron chi connectivity index (χ0n) is 13.1. The van der Waals surface area contributed by atoms with Crippen LogP contribution in [-0.4, -0.2) is 21.0 Å². The molecule has 0 saturated heterocycles. The standard InChI is InChI=1S/C19H10Br2N2O2S/c20-13-5-1-11(2-6-13)17(24)15-9-22-19-23(15)10-16(26-19)18(25)12-3-7-14(21)8-4-12/h1-10H. The Labute approximate surface area is 169 Å². The summed E-state index contributed by atoms with van der Waals surface area (Å²) in [6.07, 6.45) is 3.23. The van der Waals surface area contributed by atoms with Gasteiger partial charge in [0, 0.05) is 26.3 Å². The second-order valence-corrected chi connectivity index (χ2v) is 8.40. The number of benzene rings is 2. The number of nitrogens with zero attached hydrogens (tertiary/aromatic N) is 2. The number of carbonyl (C=O) groups is 2. The van der Waals surface area contributed by atoms with Crippen LogP contribution in [0.2, 0.25) is 0 Å². The molecule has 0 fully saturated rings. The van der Waals surface area contributed by atoms with E-state index in [4.69, 9.17) is 0 Å². The SMILES string of the molecule is O=C(c1ccc(Br)cc1)c1cn2c(C(=O)c3ccc(Br)cc3)cnc2s1. The van der Waals surface area contributed by atoms with Crippen LogP contribution in [0.4, 0.5) is 0 Å². The fourth-order valence-electron chi connectivity index (χ4n) is 2.55. The van der Waals surface area contributed by atoms with Gasteiger partial charge in [0.25, 0.3) is 0 Å². The summed E-state index contributed by atoms with van der Waals surface area (Å²) in [7, 11) is 0. The molecule has 26 heavy (non-hydrogen) atoms. The van der Waals surface area contributed by atoms with Crippen LogP contribution in [0, 0.1) is 0 Å². The van der Waals surface area contributed by atoms with E-state index in [1.807, 2.05) is 24.3 Å². The molecule has 4 rings (SSSR count). The number of fused-ring (bicyclic) bond motifs is 1. The molecular formula is C19H10Br2N2O2S. The van der Waals surface area contributed by atoms with Crippen LogP contribution < -0.4 is 0 Å². The second kappa shape index (κ2) is 6.90. The summed E-state index contributed by atoms with van der Waals surface area (Å²) in [5, 5.41) is 0.